The van der Waals surface area contributed by atoms with E-state index in [2.05, 4.69) is 5.32 Å². The van der Waals surface area contributed by atoms with E-state index in [0.29, 0.717) is 13.0 Å². The number of amides is 1. The highest BCUT2D eigenvalue weighted by Gasteiger charge is 1.95. The second-order valence-electron chi connectivity index (χ2n) is 2.12. The lowest BCUT2D eigenvalue weighted by Gasteiger charge is -2.03. The Kier molecular flexibility index (Phi) is 2.63. The molecule has 0 fully saturated rings. The molecule has 0 aromatic heterocycles. The Balaban J connectivity index is 2.92. The normalized spacial score (nSPS) is 9.18. The van der Waals surface area contributed by atoms with Crippen molar-refractivity contribution in [1.29, 1.82) is 0 Å². The van der Waals surface area contributed by atoms with Gasteiger partial charge in [0.1, 0.15) is 0 Å². The highest BCUT2D eigenvalue weighted by atomic mass is 16.1. The third-order valence-electron chi connectivity index (χ3n) is 1.45. The minimum Gasteiger partial charge on any atom is -0.328 e. The molecule has 0 bridgehead atoms. The standard InChI is InChI=1S/C8H10N2O/c9-5-7-3-1-2-4-8(7)10-6-11/h1-4,6H,5,9H2,(H,10,11). The van der Waals surface area contributed by atoms with E-state index in [1.807, 2.05) is 24.3 Å². The molecule has 0 atom stereocenters. The van der Waals surface area contributed by atoms with Crippen molar-refractivity contribution in [2.75, 3.05) is 5.32 Å². The van der Waals surface area contributed by atoms with Gasteiger partial charge in [0.15, 0.2) is 0 Å². The van der Waals surface area contributed by atoms with Crippen molar-refractivity contribution in [3.8, 4) is 0 Å². The molecular weight excluding hydrogens is 140 g/mol. The number of anilines is 1. The smallest absolute Gasteiger partial charge is 0.211 e. The van der Waals surface area contributed by atoms with E-state index in [9.17, 15) is 4.79 Å². The third-order valence-corrected chi connectivity index (χ3v) is 1.45. The van der Waals surface area contributed by atoms with Crippen LogP contribution in [0.2, 0.25) is 0 Å². The highest BCUT2D eigenvalue weighted by Crippen LogP contribution is 2.12. The molecule has 0 saturated heterocycles. The fourth-order valence-corrected chi connectivity index (χ4v) is 0.903. The fraction of sp³-hybridized carbons (Fsp3) is 0.125. The number of hydrogen-bond acceptors (Lipinski definition) is 2. The molecule has 11 heavy (non-hydrogen) atoms. The number of para-hydroxylation sites is 1. The average Bonchev–Trinajstić information content (AvgIpc) is 2.06. The van der Waals surface area contributed by atoms with Crippen molar-refractivity contribution in [3.05, 3.63) is 29.8 Å². The summed E-state index contributed by atoms with van der Waals surface area (Å²) in [4.78, 5) is 10.1. The summed E-state index contributed by atoms with van der Waals surface area (Å²) >= 11 is 0. The van der Waals surface area contributed by atoms with E-state index in [4.69, 9.17) is 5.73 Å². The number of rotatable bonds is 3. The van der Waals surface area contributed by atoms with Crippen LogP contribution in [-0.4, -0.2) is 6.41 Å². The number of carbonyl (C=O) groups is 1. The zero-order valence-electron chi connectivity index (χ0n) is 6.08. The summed E-state index contributed by atoms with van der Waals surface area (Å²) in [5.41, 5.74) is 7.15. The topological polar surface area (TPSA) is 55.1 Å². The van der Waals surface area contributed by atoms with Crippen LogP contribution in [0.1, 0.15) is 5.56 Å². The van der Waals surface area contributed by atoms with E-state index in [-0.39, 0.29) is 0 Å². The van der Waals surface area contributed by atoms with Gasteiger partial charge in [0.2, 0.25) is 6.41 Å². The van der Waals surface area contributed by atoms with E-state index < -0.39 is 0 Å². The summed E-state index contributed by atoms with van der Waals surface area (Å²) in [6, 6.07) is 7.44. The van der Waals surface area contributed by atoms with Gasteiger partial charge in [0.25, 0.3) is 0 Å². The molecule has 58 valence electrons. The third kappa shape index (κ3) is 1.78. The highest BCUT2D eigenvalue weighted by molar-refractivity contribution is 5.73. The lowest BCUT2D eigenvalue weighted by Crippen LogP contribution is -2.02. The van der Waals surface area contributed by atoms with Gasteiger partial charge in [-0.1, -0.05) is 18.2 Å². The van der Waals surface area contributed by atoms with Crippen LogP contribution in [0.3, 0.4) is 0 Å². The van der Waals surface area contributed by atoms with E-state index in [1.165, 1.54) is 0 Å². The van der Waals surface area contributed by atoms with Crippen LogP contribution >= 0.6 is 0 Å². The summed E-state index contributed by atoms with van der Waals surface area (Å²) in [5, 5.41) is 2.57. The van der Waals surface area contributed by atoms with Gasteiger partial charge in [0.05, 0.1) is 0 Å². The molecule has 3 nitrogen and oxygen atoms in total. The van der Waals surface area contributed by atoms with Crippen molar-refractivity contribution in [1.82, 2.24) is 0 Å². The number of benzene rings is 1. The first-order chi connectivity index (χ1) is 5.38. The monoisotopic (exact) mass is 150 g/mol. The maximum Gasteiger partial charge on any atom is 0.211 e. The van der Waals surface area contributed by atoms with Crippen LogP contribution in [-0.2, 0) is 11.3 Å². The maximum absolute atomic E-state index is 10.1. The molecule has 0 heterocycles. The summed E-state index contributed by atoms with van der Waals surface area (Å²) in [7, 11) is 0. The van der Waals surface area contributed by atoms with Gasteiger partial charge in [-0.2, -0.15) is 0 Å². The van der Waals surface area contributed by atoms with Crippen molar-refractivity contribution in [2.24, 2.45) is 5.73 Å². The molecule has 0 unspecified atom stereocenters. The van der Waals surface area contributed by atoms with Crippen LogP contribution in [0.25, 0.3) is 0 Å². The molecule has 0 aliphatic heterocycles. The predicted molar refractivity (Wildman–Crippen MR) is 44.0 cm³/mol. The molecule has 1 rings (SSSR count). The summed E-state index contributed by atoms with van der Waals surface area (Å²) in [5.74, 6) is 0. The molecule has 3 heteroatoms. The number of carbonyl (C=O) groups excluding carboxylic acids is 1. The van der Waals surface area contributed by atoms with E-state index in [1.54, 1.807) is 0 Å². The molecule has 0 spiro atoms. The van der Waals surface area contributed by atoms with Crippen LogP contribution in [0.15, 0.2) is 24.3 Å². The van der Waals surface area contributed by atoms with Gasteiger partial charge in [-0.3, -0.25) is 4.79 Å². The molecule has 0 aliphatic carbocycles. The Morgan fingerprint density at radius 3 is 2.82 bits per heavy atom. The Morgan fingerprint density at radius 1 is 1.45 bits per heavy atom. The molecule has 0 saturated carbocycles. The largest absolute Gasteiger partial charge is 0.328 e. The van der Waals surface area contributed by atoms with Crippen molar-refractivity contribution in [2.45, 2.75) is 6.54 Å². The van der Waals surface area contributed by atoms with Crippen LogP contribution < -0.4 is 11.1 Å². The second-order valence-corrected chi connectivity index (χ2v) is 2.12. The lowest BCUT2D eigenvalue weighted by atomic mass is 10.2. The summed E-state index contributed by atoms with van der Waals surface area (Å²) in [6.07, 6.45) is 0.647. The molecule has 0 radical (unpaired) electrons. The quantitative estimate of drug-likeness (QED) is 0.623. The predicted octanol–water partition coefficient (Wildman–Crippen LogP) is 0.714. The Bertz CT molecular complexity index is 248. The fourth-order valence-electron chi connectivity index (χ4n) is 0.903. The second kappa shape index (κ2) is 3.73. The minimum atomic E-state index is 0.441. The molecular formula is C8H10N2O. The Morgan fingerprint density at radius 2 is 2.18 bits per heavy atom. The van der Waals surface area contributed by atoms with Crippen LogP contribution in [0.5, 0.6) is 0 Å². The maximum atomic E-state index is 10.1. The van der Waals surface area contributed by atoms with Gasteiger partial charge < -0.3 is 11.1 Å². The van der Waals surface area contributed by atoms with Crippen LogP contribution in [0, 0.1) is 0 Å². The number of nitrogens with two attached hydrogens (primary N) is 1. The van der Waals surface area contributed by atoms with Gasteiger partial charge >= 0.3 is 0 Å². The molecule has 1 amide bonds. The van der Waals surface area contributed by atoms with Crippen LogP contribution in [0.4, 0.5) is 5.69 Å². The number of hydrogen-bond donors (Lipinski definition) is 2. The van der Waals surface area contributed by atoms with Crippen molar-refractivity contribution < 1.29 is 4.79 Å². The number of nitrogens with one attached hydrogen (secondary N) is 1. The minimum absolute atomic E-state index is 0.441. The first-order valence-electron chi connectivity index (χ1n) is 3.36. The zero-order valence-corrected chi connectivity index (χ0v) is 6.08. The van der Waals surface area contributed by atoms with Crippen molar-refractivity contribution in [3.63, 3.8) is 0 Å². The zero-order chi connectivity index (χ0) is 8.10. The van der Waals surface area contributed by atoms with E-state index >= 15 is 0 Å². The van der Waals surface area contributed by atoms with E-state index in [0.717, 1.165) is 11.3 Å². The summed E-state index contributed by atoms with van der Waals surface area (Å²) < 4.78 is 0. The Labute approximate surface area is 65.2 Å². The van der Waals surface area contributed by atoms with Gasteiger partial charge in [0, 0.05) is 12.2 Å². The molecule has 1 aromatic carbocycles. The van der Waals surface area contributed by atoms with Gasteiger partial charge in [-0.25, -0.2) is 0 Å². The van der Waals surface area contributed by atoms with Gasteiger partial charge in [-0.05, 0) is 11.6 Å². The van der Waals surface area contributed by atoms with Gasteiger partial charge in [-0.15, -0.1) is 0 Å². The SMILES string of the molecule is NCc1ccccc1NC=O. The molecule has 1 aromatic rings. The van der Waals surface area contributed by atoms with Crippen molar-refractivity contribution >= 4 is 12.1 Å². The first-order valence-corrected chi connectivity index (χ1v) is 3.36. The summed E-state index contributed by atoms with van der Waals surface area (Å²) in [6.45, 7) is 0.441. The lowest BCUT2D eigenvalue weighted by molar-refractivity contribution is -0.105. The first kappa shape index (κ1) is 7.75. The average molecular weight is 150 g/mol. The Hall–Kier alpha value is -1.35. The molecule has 0 aliphatic rings. The molecule has 3 N–H and O–H groups in total.